The Morgan fingerprint density at radius 2 is 2.00 bits per heavy atom. The van der Waals surface area contributed by atoms with Gasteiger partial charge in [-0.1, -0.05) is 6.07 Å². The third kappa shape index (κ3) is 4.87. The molecule has 0 saturated heterocycles. The standard InChI is InChI=1S/C13H21F2N3/c1-18(2)8-4-3-7-17-12-6-5-10(13(14)15)9-11(12)16/h5-6,9,13,17H,3-4,7-8,16H2,1-2H3. The van der Waals surface area contributed by atoms with Gasteiger partial charge in [0, 0.05) is 12.1 Å². The molecule has 3 N–H and O–H groups in total. The summed E-state index contributed by atoms with van der Waals surface area (Å²) in [6.07, 6.45) is -0.357. The fourth-order valence-electron chi connectivity index (χ4n) is 1.65. The van der Waals surface area contributed by atoms with Crippen LogP contribution in [-0.4, -0.2) is 32.1 Å². The lowest BCUT2D eigenvalue weighted by atomic mass is 10.1. The van der Waals surface area contributed by atoms with Gasteiger partial charge in [-0.2, -0.15) is 0 Å². The number of benzene rings is 1. The molecule has 18 heavy (non-hydrogen) atoms. The van der Waals surface area contributed by atoms with Crippen molar-refractivity contribution in [2.45, 2.75) is 19.3 Å². The Morgan fingerprint density at radius 1 is 1.28 bits per heavy atom. The van der Waals surface area contributed by atoms with Crippen molar-refractivity contribution in [1.29, 1.82) is 0 Å². The first kappa shape index (κ1) is 14.7. The summed E-state index contributed by atoms with van der Waals surface area (Å²) in [7, 11) is 4.07. The molecule has 0 aliphatic heterocycles. The van der Waals surface area contributed by atoms with E-state index in [4.69, 9.17) is 5.73 Å². The molecule has 5 heteroatoms. The quantitative estimate of drug-likeness (QED) is 0.583. The van der Waals surface area contributed by atoms with Crippen LogP contribution >= 0.6 is 0 Å². The van der Waals surface area contributed by atoms with Crippen LogP contribution in [0.15, 0.2) is 18.2 Å². The molecule has 102 valence electrons. The molecule has 0 aliphatic rings. The van der Waals surface area contributed by atoms with Crippen molar-refractivity contribution in [2.75, 3.05) is 38.2 Å². The predicted octanol–water partition coefficient (Wildman–Crippen LogP) is 2.96. The molecule has 0 unspecified atom stereocenters. The number of nitrogens with two attached hydrogens (primary N) is 1. The van der Waals surface area contributed by atoms with Crippen molar-refractivity contribution in [2.24, 2.45) is 0 Å². The first-order chi connectivity index (χ1) is 8.50. The topological polar surface area (TPSA) is 41.3 Å². The number of nitrogens with one attached hydrogen (secondary N) is 1. The van der Waals surface area contributed by atoms with Crippen LogP contribution in [0, 0.1) is 0 Å². The van der Waals surface area contributed by atoms with Crippen LogP contribution < -0.4 is 11.1 Å². The molecule has 0 bridgehead atoms. The van der Waals surface area contributed by atoms with E-state index in [-0.39, 0.29) is 5.56 Å². The van der Waals surface area contributed by atoms with Gasteiger partial charge in [0.05, 0.1) is 11.4 Å². The molecule has 0 aliphatic carbocycles. The Balaban J connectivity index is 2.39. The summed E-state index contributed by atoms with van der Waals surface area (Å²) in [4.78, 5) is 2.13. The Morgan fingerprint density at radius 3 is 2.56 bits per heavy atom. The molecular formula is C13H21F2N3. The molecule has 0 heterocycles. The molecule has 1 aromatic carbocycles. The average Bonchev–Trinajstić information content (AvgIpc) is 2.29. The summed E-state index contributed by atoms with van der Waals surface area (Å²) in [6.45, 7) is 1.84. The van der Waals surface area contributed by atoms with Crippen LogP contribution in [0.3, 0.4) is 0 Å². The lowest BCUT2D eigenvalue weighted by Gasteiger charge is -2.12. The van der Waals surface area contributed by atoms with E-state index in [1.165, 1.54) is 12.1 Å². The van der Waals surface area contributed by atoms with Gasteiger partial charge < -0.3 is 16.0 Å². The Hall–Kier alpha value is -1.36. The summed E-state index contributed by atoms with van der Waals surface area (Å²) in [5, 5.41) is 3.16. The van der Waals surface area contributed by atoms with Crippen molar-refractivity contribution in [3.8, 4) is 0 Å². The highest BCUT2D eigenvalue weighted by Gasteiger charge is 2.08. The van der Waals surface area contributed by atoms with Crippen LogP contribution in [0.5, 0.6) is 0 Å². The highest BCUT2D eigenvalue weighted by molar-refractivity contribution is 5.67. The third-order valence-electron chi connectivity index (χ3n) is 2.68. The molecule has 1 aromatic rings. The van der Waals surface area contributed by atoms with Crippen molar-refractivity contribution in [3.63, 3.8) is 0 Å². The number of hydrogen-bond acceptors (Lipinski definition) is 3. The number of nitrogens with zero attached hydrogens (tertiary/aromatic N) is 1. The second kappa shape index (κ2) is 7.16. The lowest BCUT2D eigenvalue weighted by molar-refractivity contribution is 0.151. The van der Waals surface area contributed by atoms with Gasteiger partial charge in [0.15, 0.2) is 0 Å². The molecule has 0 amide bonds. The molecule has 0 aromatic heterocycles. The first-order valence-electron chi connectivity index (χ1n) is 6.07. The zero-order valence-corrected chi connectivity index (χ0v) is 10.9. The summed E-state index contributed by atoms with van der Waals surface area (Å²) in [5.41, 5.74) is 6.78. The minimum Gasteiger partial charge on any atom is -0.397 e. The van der Waals surface area contributed by atoms with Crippen molar-refractivity contribution in [3.05, 3.63) is 23.8 Å². The minimum absolute atomic E-state index is 0.0364. The largest absolute Gasteiger partial charge is 0.397 e. The lowest BCUT2D eigenvalue weighted by Crippen LogP contribution is -2.14. The number of rotatable bonds is 7. The number of alkyl halides is 2. The van der Waals surface area contributed by atoms with Gasteiger partial charge >= 0.3 is 0 Å². The average molecular weight is 257 g/mol. The molecule has 0 atom stereocenters. The summed E-state index contributed by atoms with van der Waals surface area (Å²) < 4.78 is 24.9. The zero-order chi connectivity index (χ0) is 13.5. The number of anilines is 2. The minimum atomic E-state index is -2.47. The van der Waals surface area contributed by atoms with E-state index in [1.807, 2.05) is 14.1 Å². The molecule has 3 nitrogen and oxygen atoms in total. The smallest absolute Gasteiger partial charge is 0.263 e. The maximum absolute atomic E-state index is 12.4. The van der Waals surface area contributed by atoms with Crippen molar-refractivity contribution in [1.82, 2.24) is 4.90 Å². The summed E-state index contributed by atoms with van der Waals surface area (Å²) >= 11 is 0. The Kier molecular flexibility index (Phi) is 5.85. The van der Waals surface area contributed by atoms with Crippen LogP contribution in [0.2, 0.25) is 0 Å². The molecular weight excluding hydrogens is 236 g/mol. The SMILES string of the molecule is CN(C)CCCCNc1ccc(C(F)F)cc1N. The van der Waals surface area contributed by atoms with Gasteiger partial charge in [0.25, 0.3) is 6.43 Å². The number of hydrogen-bond donors (Lipinski definition) is 2. The fraction of sp³-hybridized carbons (Fsp3) is 0.538. The van der Waals surface area contributed by atoms with E-state index in [0.29, 0.717) is 5.69 Å². The summed E-state index contributed by atoms with van der Waals surface area (Å²) in [6, 6.07) is 4.35. The maximum atomic E-state index is 12.4. The van der Waals surface area contributed by atoms with E-state index in [1.54, 1.807) is 6.07 Å². The van der Waals surface area contributed by atoms with Gasteiger partial charge in [-0.3, -0.25) is 0 Å². The van der Waals surface area contributed by atoms with Crippen molar-refractivity contribution < 1.29 is 8.78 Å². The van der Waals surface area contributed by atoms with E-state index in [0.717, 1.165) is 31.6 Å². The number of nitrogen functional groups attached to an aromatic ring is 1. The first-order valence-corrected chi connectivity index (χ1v) is 6.07. The van der Waals surface area contributed by atoms with E-state index in [9.17, 15) is 8.78 Å². The highest BCUT2D eigenvalue weighted by atomic mass is 19.3. The van der Waals surface area contributed by atoms with E-state index < -0.39 is 6.43 Å². The van der Waals surface area contributed by atoms with Crippen LogP contribution in [0.25, 0.3) is 0 Å². The normalized spacial score (nSPS) is 11.2. The zero-order valence-electron chi connectivity index (χ0n) is 10.9. The second-order valence-electron chi connectivity index (χ2n) is 4.58. The second-order valence-corrected chi connectivity index (χ2v) is 4.58. The van der Waals surface area contributed by atoms with Gasteiger partial charge in [-0.25, -0.2) is 8.78 Å². The number of unbranched alkanes of at least 4 members (excludes halogenated alkanes) is 1. The van der Waals surface area contributed by atoms with Gasteiger partial charge in [-0.05, 0) is 45.6 Å². The van der Waals surface area contributed by atoms with E-state index in [2.05, 4.69) is 10.2 Å². The van der Waals surface area contributed by atoms with Crippen LogP contribution in [-0.2, 0) is 0 Å². The Labute approximate surface area is 107 Å². The molecule has 0 fully saturated rings. The molecule has 0 radical (unpaired) electrons. The van der Waals surface area contributed by atoms with Gasteiger partial charge in [-0.15, -0.1) is 0 Å². The van der Waals surface area contributed by atoms with E-state index >= 15 is 0 Å². The van der Waals surface area contributed by atoms with Crippen LogP contribution in [0.1, 0.15) is 24.8 Å². The molecule has 0 saturated carbocycles. The summed E-state index contributed by atoms with van der Waals surface area (Å²) in [5.74, 6) is 0. The maximum Gasteiger partial charge on any atom is 0.263 e. The highest BCUT2D eigenvalue weighted by Crippen LogP contribution is 2.26. The Bertz CT molecular complexity index is 367. The third-order valence-corrected chi connectivity index (χ3v) is 2.68. The fourth-order valence-corrected chi connectivity index (χ4v) is 1.65. The predicted molar refractivity (Wildman–Crippen MR) is 72.1 cm³/mol. The van der Waals surface area contributed by atoms with Gasteiger partial charge in [0.2, 0.25) is 0 Å². The van der Waals surface area contributed by atoms with Gasteiger partial charge in [0.1, 0.15) is 0 Å². The number of halogens is 2. The van der Waals surface area contributed by atoms with Crippen LogP contribution in [0.4, 0.5) is 20.2 Å². The molecule has 1 rings (SSSR count). The van der Waals surface area contributed by atoms with Crippen molar-refractivity contribution >= 4 is 11.4 Å². The monoisotopic (exact) mass is 257 g/mol. The molecule has 0 spiro atoms.